The van der Waals surface area contributed by atoms with E-state index in [1.165, 1.54) is 10.8 Å². The highest BCUT2D eigenvalue weighted by molar-refractivity contribution is 5.85. The fraction of sp³-hybridized carbons (Fsp3) is 0.412. The van der Waals surface area contributed by atoms with Crippen LogP contribution in [0.3, 0.4) is 0 Å². The van der Waals surface area contributed by atoms with Crippen LogP contribution in [0.5, 0.6) is 0 Å². The molecule has 3 rings (SSSR count). The first kappa shape index (κ1) is 12.6. The van der Waals surface area contributed by atoms with Crippen molar-refractivity contribution in [3.8, 4) is 0 Å². The van der Waals surface area contributed by atoms with Crippen molar-refractivity contribution in [3.05, 3.63) is 48.0 Å². The molecule has 1 atom stereocenters. The van der Waals surface area contributed by atoms with E-state index in [4.69, 9.17) is 0 Å². The van der Waals surface area contributed by atoms with Gasteiger partial charge in [0.2, 0.25) is 0 Å². The van der Waals surface area contributed by atoms with Gasteiger partial charge in [-0.2, -0.15) is 0 Å². The highest BCUT2D eigenvalue weighted by Crippen LogP contribution is 2.34. The summed E-state index contributed by atoms with van der Waals surface area (Å²) >= 11 is 0. The van der Waals surface area contributed by atoms with Crippen LogP contribution < -0.4 is 0 Å². The monoisotopic (exact) mass is 256 g/mol. The van der Waals surface area contributed by atoms with E-state index in [1.807, 2.05) is 24.3 Å². The van der Waals surface area contributed by atoms with Crippen LogP contribution in [0, 0.1) is 0 Å². The number of fused-ring (bicyclic) bond motifs is 1. The summed E-state index contributed by atoms with van der Waals surface area (Å²) in [6, 6.07) is 14.3. The molecule has 1 fully saturated rings. The van der Waals surface area contributed by atoms with Gasteiger partial charge >= 0.3 is 0 Å². The first-order valence-electron chi connectivity index (χ1n) is 7.06. The molecule has 0 amide bonds. The molecule has 2 N–H and O–H groups in total. The number of aliphatic hydroxyl groups excluding tert-OH is 1. The molecule has 0 aromatic heterocycles. The molecular weight excluding hydrogens is 236 g/mol. The Balaban J connectivity index is 1.89. The molecule has 1 aliphatic carbocycles. The van der Waals surface area contributed by atoms with Crippen molar-refractivity contribution in [3.63, 3.8) is 0 Å². The van der Waals surface area contributed by atoms with Crippen molar-refractivity contribution in [1.82, 2.24) is 0 Å². The lowest BCUT2D eigenvalue weighted by molar-refractivity contribution is -0.0688. The van der Waals surface area contributed by atoms with Gasteiger partial charge in [0.25, 0.3) is 0 Å². The second kappa shape index (κ2) is 4.95. The summed E-state index contributed by atoms with van der Waals surface area (Å²) in [5.41, 5.74) is 0.239. The molecule has 2 aromatic carbocycles. The van der Waals surface area contributed by atoms with Gasteiger partial charge in [0.15, 0.2) is 0 Å². The molecule has 1 unspecified atom stereocenters. The third-order valence-electron chi connectivity index (χ3n) is 4.38. The highest BCUT2D eigenvalue weighted by atomic mass is 16.3. The average Bonchev–Trinajstić information content (AvgIpc) is 2.87. The summed E-state index contributed by atoms with van der Waals surface area (Å²) in [7, 11) is 0. The SMILES string of the molecule is OC(Cc1cccc2ccccc12)C1(O)CCCC1. The van der Waals surface area contributed by atoms with E-state index in [0.717, 1.165) is 31.2 Å². The molecule has 2 heteroatoms. The zero-order valence-electron chi connectivity index (χ0n) is 11.0. The largest absolute Gasteiger partial charge is 0.390 e. The van der Waals surface area contributed by atoms with Crippen LogP contribution in [0.1, 0.15) is 31.2 Å². The molecular formula is C17H20O2. The van der Waals surface area contributed by atoms with Crippen LogP contribution in [0.2, 0.25) is 0 Å². The average molecular weight is 256 g/mol. The first-order chi connectivity index (χ1) is 9.19. The van der Waals surface area contributed by atoms with Crippen molar-refractivity contribution in [2.75, 3.05) is 0 Å². The van der Waals surface area contributed by atoms with Crippen molar-refractivity contribution < 1.29 is 10.2 Å². The summed E-state index contributed by atoms with van der Waals surface area (Å²) < 4.78 is 0. The fourth-order valence-electron chi connectivity index (χ4n) is 3.19. The minimum absolute atomic E-state index is 0.526. The van der Waals surface area contributed by atoms with Crippen LogP contribution in [0.15, 0.2) is 42.5 Å². The molecule has 1 aliphatic rings. The van der Waals surface area contributed by atoms with Gasteiger partial charge < -0.3 is 10.2 Å². The van der Waals surface area contributed by atoms with E-state index in [0.29, 0.717) is 6.42 Å². The van der Waals surface area contributed by atoms with E-state index in [9.17, 15) is 10.2 Å². The standard InChI is InChI=1S/C17H20O2/c18-16(17(19)10-3-4-11-17)12-14-8-5-7-13-6-1-2-9-15(13)14/h1-2,5-9,16,18-19H,3-4,10-12H2. The topological polar surface area (TPSA) is 40.5 Å². The van der Waals surface area contributed by atoms with Gasteiger partial charge in [0.05, 0.1) is 11.7 Å². The lowest BCUT2D eigenvalue weighted by atomic mass is 9.88. The molecule has 0 spiro atoms. The first-order valence-corrected chi connectivity index (χ1v) is 7.06. The maximum Gasteiger partial charge on any atom is 0.0908 e. The second-order valence-corrected chi connectivity index (χ2v) is 5.67. The van der Waals surface area contributed by atoms with Gasteiger partial charge in [-0.05, 0) is 29.2 Å². The van der Waals surface area contributed by atoms with Gasteiger partial charge in [-0.15, -0.1) is 0 Å². The van der Waals surface area contributed by atoms with Crippen LogP contribution in [-0.4, -0.2) is 21.9 Å². The zero-order chi connectivity index (χ0) is 13.3. The maximum absolute atomic E-state index is 10.4. The number of hydrogen-bond donors (Lipinski definition) is 2. The molecule has 0 saturated heterocycles. The molecule has 100 valence electrons. The predicted octanol–water partition coefficient (Wildman–Crippen LogP) is 3.05. The maximum atomic E-state index is 10.4. The molecule has 1 saturated carbocycles. The fourth-order valence-corrected chi connectivity index (χ4v) is 3.19. The summed E-state index contributed by atoms with van der Waals surface area (Å²) in [5, 5.41) is 23.2. The second-order valence-electron chi connectivity index (χ2n) is 5.67. The highest BCUT2D eigenvalue weighted by Gasteiger charge is 2.38. The molecule has 0 aliphatic heterocycles. The summed E-state index contributed by atoms with van der Waals surface area (Å²) in [6.45, 7) is 0. The molecule has 0 heterocycles. The number of hydrogen-bond acceptors (Lipinski definition) is 2. The number of rotatable bonds is 3. The van der Waals surface area contributed by atoms with E-state index >= 15 is 0 Å². The van der Waals surface area contributed by atoms with E-state index in [-0.39, 0.29) is 0 Å². The summed E-state index contributed by atoms with van der Waals surface area (Å²) in [5.74, 6) is 0. The van der Waals surface area contributed by atoms with Gasteiger partial charge in [0.1, 0.15) is 0 Å². The Morgan fingerprint density at radius 3 is 2.47 bits per heavy atom. The predicted molar refractivity (Wildman–Crippen MR) is 77.1 cm³/mol. The van der Waals surface area contributed by atoms with Crippen LogP contribution >= 0.6 is 0 Å². The summed E-state index contributed by atoms with van der Waals surface area (Å²) in [4.78, 5) is 0. The third-order valence-corrected chi connectivity index (χ3v) is 4.38. The minimum atomic E-state index is -0.878. The molecule has 2 aromatic rings. The molecule has 0 bridgehead atoms. The van der Waals surface area contributed by atoms with Gasteiger partial charge in [-0.3, -0.25) is 0 Å². The van der Waals surface area contributed by atoms with Crippen LogP contribution in [-0.2, 0) is 6.42 Å². The molecule has 2 nitrogen and oxygen atoms in total. The normalized spacial score (nSPS) is 19.7. The molecule has 19 heavy (non-hydrogen) atoms. The Labute approximate surface area is 113 Å². The zero-order valence-corrected chi connectivity index (χ0v) is 11.0. The Bertz CT molecular complexity index is 565. The van der Waals surface area contributed by atoms with Crippen molar-refractivity contribution >= 4 is 10.8 Å². The van der Waals surface area contributed by atoms with E-state index in [2.05, 4.69) is 18.2 Å². The smallest absolute Gasteiger partial charge is 0.0908 e. The van der Waals surface area contributed by atoms with Gasteiger partial charge in [-0.25, -0.2) is 0 Å². The van der Waals surface area contributed by atoms with E-state index in [1.54, 1.807) is 0 Å². The van der Waals surface area contributed by atoms with Crippen LogP contribution in [0.25, 0.3) is 10.8 Å². The number of benzene rings is 2. The van der Waals surface area contributed by atoms with Crippen molar-refractivity contribution in [1.29, 1.82) is 0 Å². The van der Waals surface area contributed by atoms with Gasteiger partial charge in [-0.1, -0.05) is 55.3 Å². The lowest BCUT2D eigenvalue weighted by Gasteiger charge is -2.28. The van der Waals surface area contributed by atoms with Crippen molar-refractivity contribution in [2.24, 2.45) is 0 Å². The third kappa shape index (κ3) is 2.38. The van der Waals surface area contributed by atoms with Crippen molar-refractivity contribution in [2.45, 2.75) is 43.8 Å². The Morgan fingerprint density at radius 1 is 1.00 bits per heavy atom. The number of aliphatic hydroxyl groups is 2. The van der Waals surface area contributed by atoms with Crippen LogP contribution in [0.4, 0.5) is 0 Å². The van der Waals surface area contributed by atoms with E-state index < -0.39 is 11.7 Å². The molecule has 0 radical (unpaired) electrons. The lowest BCUT2D eigenvalue weighted by Crippen LogP contribution is -2.40. The Morgan fingerprint density at radius 2 is 1.68 bits per heavy atom. The Hall–Kier alpha value is -1.38. The quantitative estimate of drug-likeness (QED) is 0.886. The minimum Gasteiger partial charge on any atom is -0.390 e. The van der Waals surface area contributed by atoms with Gasteiger partial charge in [0, 0.05) is 6.42 Å². The summed E-state index contributed by atoms with van der Waals surface area (Å²) in [6.07, 6.45) is 3.34. The Kier molecular flexibility index (Phi) is 3.29.